The van der Waals surface area contributed by atoms with Gasteiger partial charge in [0.1, 0.15) is 0 Å². The number of benzene rings is 3. The van der Waals surface area contributed by atoms with Crippen LogP contribution in [0.25, 0.3) is 27.9 Å². The fourth-order valence-electron chi connectivity index (χ4n) is 4.33. The molecule has 0 radical (unpaired) electrons. The number of nitrogens with zero attached hydrogens (tertiary/aromatic N) is 3. The topological polar surface area (TPSA) is 114 Å². The third-order valence-corrected chi connectivity index (χ3v) is 7.39. The van der Waals surface area contributed by atoms with Gasteiger partial charge in [0.25, 0.3) is 0 Å². The van der Waals surface area contributed by atoms with E-state index in [9.17, 15) is 8.42 Å². The average molecular weight is 499 g/mol. The van der Waals surface area contributed by atoms with Gasteiger partial charge < -0.3 is 10.6 Å². The molecule has 2 heterocycles. The number of sulfonamides is 1. The molecule has 6 rings (SSSR count). The van der Waals surface area contributed by atoms with E-state index in [1.807, 2.05) is 30.5 Å². The normalized spacial score (nSPS) is 13.9. The zero-order chi connectivity index (χ0) is 24.7. The molecular formula is C27H26N6O2S. The summed E-state index contributed by atoms with van der Waals surface area (Å²) in [5.74, 6) is 0.653. The van der Waals surface area contributed by atoms with E-state index in [2.05, 4.69) is 39.3 Å². The molecule has 0 spiro atoms. The molecule has 36 heavy (non-hydrogen) atoms. The van der Waals surface area contributed by atoms with Gasteiger partial charge in [-0.05, 0) is 48.2 Å². The van der Waals surface area contributed by atoms with Crippen molar-refractivity contribution in [2.45, 2.75) is 36.9 Å². The van der Waals surface area contributed by atoms with E-state index in [0.717, 1.165) is 40.0 Å². The Morgan fingerprint density at radius 3 is 2.33 bits per heavy atom. The number of aromatic nitrogens is 3. The van der Waals surface area contributed by atoms with Crippen LogP contribution in [0.2, 0.25) is 0 Å². The first-order valence-corrected chi connectivity index (χ1v) is 13.4. The second-order valence-electron chi connectivity index (χ2n) is 9.15. The maximum Gasteiger partial charge on any atom is 0.238 e. The van der Waals surface area contributed by atoms with E-state index in [1.165, 1.54) is 30.5 Å². The van der Waals surface area contributed by atoms with Gasteiger partial charge in [-0.1, -0.05) is 48.5 Å². The molecule has 0 unspecified atom stereocenters. The van der Waals surface area contributed by atoms with Crippen LogP contribution in [-0.4, -0.2) is 28.8 Å². The monoisotopic (exact) mass is 498 g/mol. The summed E-state index contributed by atoms with van der Waals surface area (Å²) in [6.07, 6.45) is 4.43. The average Bonchev–Trinajstić information content (AvgIpc) is 3.62. The van der Waals surface area contributed by atoms with Gasteiger partial charge in [0.2, 0.25) is 10.0 Å². The second-order valence-corrected chi connectivity index (χ2v) is 10.7. The van der Waals surface area contributed by atoms with Crippen LogP contribution >= 0.6 is 0 Å². The lowest BCUT2D eigenvalue weighted by molar-refractivity contribution is 0.598. The highest BCUT2D eigenvalue weighted by Gasteiger charge is 2.20. The third-order valence-electron chi connectivity index (χ3n) is 6.46. The van der Waals surface area contributed by atoms with Crippen LogP contribution in [0.3, 0.4) is 0 Å². The van der Waals surface area contributed by atoms with Crippen molar-refractivity contribution in [2.75, 3.05) is 5.32 Å². The zero-order valence-electron chi connectivity index (χ0n) is 19.6. The quantitative estimate of drug-likeness (QED) is 0.297. The third kappa shape index (κ3) is 4.56. The Morgan fingerprint density at radius 2 is 1.61 bits per heavy atom. The number of fused-ring (bicyclic) bond motifs is 3. The van der Waals surface area contributed by atoms with Crippen LogP contribution in [0.15, 0.2) is 83.9 Å². The second kappa shape index (κ2) is 9.02. The molecule has 3 aromatic carbocycles. The largest absolute Gasteiger partial charge is 0.363 e. The van der Waals surface area contributed by atoms with Crippen LogP contribution < -0.4 is 15.8 Å². The number of hydrogen-bond donors (Lipinski definition) is 3. The molecule has 0 amide bonds. The molecular weight excluding hydrogens is 472 g/mol. The maximum absolute atomic E-state index is 11.5. The molecule has 1 saturated carbocycles. The lowest BCUT2D eigenvalue weighted by atomic mass is 10.1. The van der Waals surface area contributed by atoms with Crippen molar-refractivity contribution in [3.8, 4) is 11.3 Å². The van der Waals surface area contributed by atoms with Crippen molar-refractivity contribution in [1.82, 2.24) is 19.7 Å². The Kier molecular flexibility index (Phi) is 5.67. The molecule has 0 aliphatic heterocycles. The highest BCUT2D eigenvalue weighted by Crippen LogP contribution is 2.29. The minimum Gasteiger partial charge on any atom is -0.363 e. The van der Waals surface area contributed by atoms with Gasteiger partial charge in [-0.15, -0.1) is 0 Å². The van der Waals surface area contributed by atoms with Gasteiger partial charge in [-0.2, -0.15) is 0 Å². The van der Waals surface area contributed by atoms with Crippen LogP contribution in [0.4, 0.5) is 5.82 Å². The lowest BCUT2D eigenvalue weighted by Crippen LogP contribution is -2.15. The summed E-state index contributed by atoms with van der Waals surface area (Å²) in [6.45, 7) is 1.34. The number of nitrogens with one attached hydrogen (secondary N) is 2. The maximum atomic E-state index is 11.5. The fraction of sp³-hybridized carbons (Fsp3) is 0.185. The summed E-state index contributed by atoms with van der Waals surface area (Å²) in [7, 11) is -3.72. The minimum atomic E-state index is -3.72. The smallest absolute Gasteiger partial charge is 0.238 e. The van der Waals surface area contributed by atoms with Gasteiger partial charge in [0.15, 0.2) is 11.5 Å². The predicted molar refractivity (Wildman–Crippen MR) is 141 cm³/mol. The van der Waals surface area contributed by atoms with Crippen molar-refractivity contribution in [2.24, 2.45) is 5.14 Å². The minimum absolute atomic E-state index is 0.0877. The van der Waals surface area contributed by atoms with Crippen molar-refractivity contribution in [3.05, 3.63) is 90.1 Å². The number of imidazole rings is 1. The number of primary sulfonamides is 1. The molecule has 5 aromatic rings. The summed E-state index contributed by atoms with van der Waals surface area (Å²) in [6, 6.07) is 23.8. The van der Waals surface area contributed by atoms with Crippen LogP contribution in [-0.2, 0) is 23.1 Å². The molecule has 1 fully saturated rings. The van der Waals surface area contributed by atoms with Gasteiger partial charge in [0, 0.05) is 24.7 Å². The zero-order valence-corrected chi connectivity index (χ0v) is 20.4. The number of rotatable bonds is 8. The van der Waals surface area contributed by atoms with Gasteiger partial charge in [0.05, 0.1) is 27.8 Å². The summed E-state index contributed by atoms with van der Waals surface area (Å²) in [5.41, 5.74) is 6.79. The molecule has 1 aliphatic carbocycles. The van der Waals surface area contributed by atoms with E-state index < -0.39 is 10.0 Å². The molecule has 182 valence electrons. The summed E-state index contributed by atoms with van der Waals surface area (Å²) in [4.78, 5) is 9.64. The van der Waals surface area contributed by atoms with Gasteiger partial charge in [-0.3, -0.25) is 4.40 Å². The number of nitrogens with two attached hydrogens (primary N) is 1. The van der Waals surface area contributed by atoms with E-state index in [4.69, 9.17) is 15.1 Å². The van der Waals surface area contributed by atoms with E-state index in [0.29, 0.717) is 18.4 Å². The molecule has 8 nitrogen and oxygen atoms in total. The Morgan fingerprint density at radius 1 is 0.917 bits per heavy atom. The standard InChI is InChI=1S/C27H26N6O2S/c28-36(34,35)22-13-7-19(8-14-22)16-30-26-27-31-17-25(33(27)24-4-2-1-3-23(24)32-26)20-9-5-18(6-10-20)15-29-21-11-12-21/h1-10,13-14,17,21,29H,11-12,15-16H2,(H,30,32)(H2,28,34,35). The van der Waals surface area contributed by atoms with Crippen LogP contribution in [0.1, 0.15) is 24.0 Å². The number of anilines is 1. The lowest BCUT2D eigenvalue weighted by Gasteiger charge is -2.12. The molecule has 2 aromatic heterocycles. The highest BCUT2D eigenvalue weighted by atomic mass is 32.2. The SMILES string of the molecule is NS(=O)(=O)c1ccc(CNc2nc3ccccc3n3c(-c4ccc(CNC5CC5)cc4)cnc23)cc1. The molecule has 9 heteroatoms. The first-order chi connectivity index (χ1) is 17.5. The van der Waals surface area contributed by atoms with Crippen molar-refractivity contribution in [3.63, 3.8) is 0 Å². The molecule has 1 aliphatic rings. The molecule has 0 saturated heterocycles. The first-order valence-electron chi connectivity index (χ1n) is 11.9. The van der Waals surface area contributed by atoms with Crippen molar-refractivity contribution < 1.29 is 8.42 Å². The summed E-state index contributed by atoms with van der Waals surface area (Å²) < 4.78 is 25.2. The van der Waals surface area contributed by atoms with Crippen molar-refractivity contribution in [1.29, 1.82) is 0 Å². The number of hydrogen-bond acceptors (Lipinski definition) is 6. The Labute approximate surface area is 209 Å². The first kappa shape index (κ1) is 22.7. The molecule has 4 N–H and O–H groups in total. The van der Waals surface area contributed by atoms with Gasteiger partial charge >= 0.3 is 0 Å². The molecule has 0 atom stereocenters. The van der Waals surface area contributed by atoms with E-state index >= 15 is 0 Å². The van der Waals surface area contributed by atoms with E-state index in [1.54, 1.807) is 12.1 Å². The Bertz CT molecular complexity index is 1660. The van der Waals surface area contributed by atoms with Crippen LogP contribution in [0.5, 0.6) is 0 Å². The van der Waals surface area contributed by atoms with Gasteiger partial charge in [-0.25, -0.2) is 23.5 Å². The molecule has 0 bridgehead atoms. The van der Waals surface area contributed by atoms with E-state index in [-0.39, 0.29) is 4.90 Å². The van der Waals surface area contributed by atoms with Crippen molar-refractivity contribution >= 4 is 32.5 Å². The number of para-hydroxylation sites is 2. The Balaban J connectivity index is 1.33. The fourth-order valence-corrected chi connectivity index (χ4v) is 4.84. The Hall–Kier alpha value is -3.79. The van der Waals surface area contributed by atoms with Crippen LogP contribution in [0, 0.1) is 0 Å². The predicted octanol–water partition coefficient (Wildman–Crippen LogP) is 4.06. The summed E-state index contributed by atoms with van der Waals surface area (Å²) in [5, 5.41) is 12.1. The summed E-state index contributed by atoms with van der Waals surface area (Å²) >= 11 is 0. The highest BCUT2D eigenvalue weighted by molar-refractivity contribution is 7.89.